The standard InChI is InChI=1S/C12H11BrN2O2S/c1-15(6-8-4-10(13)18-7-8)12(17)9-2-3-11(16)14-5-9/h2-5,7H,6H2,1H3,(H,14,16). The molecule has 0 radical (unpaired) electrons. The van der Waals surface area contributed by atoms with E-state index < -0.39 is 0 Å². The monoisotopic (exact) mass is 326 g/mol. The number of hydrogen-bond donors (Lipinski definition) is 1. The van der Waals surface area contributed by atoms with E-state index in [1.807, 2.05) is 11.4 Å². The Hall–Kier alpha value is -1.40. The first-order chi connectivity index (χ1) is 8.56. The summed E-state index contributed by atoms with van der Waals surface area (Å²) in [5.74, 6) is -0.117. The molecule has 94 valence electrons. The molecule has 0 atom stereocenters. The van der Waals surface area contributed by atoms with Gasteiger partial charge in [-0.2, -0.15) is 0 Å². The number of carbonyl (C=O) groups excluding carboxylic acids is 1. The summed E-state index contributed by atoms with van der Waals surface area (Å²) < 4.78 is 1.04. The molecule has 0 bridgehead atoms. The van der Waals surface area contributed by atoms with Gasteiger partial charge in [0.1, 0.15) is 0 Å². The number of halogens is 1. The number of pyridine rings is 1. The molecule has 2 rings (SSSR count). The van der Waals surface area contributed by atoms with Crippen molar-refractivity contribution in [3.63, 3.8) is 0 Å². The van der Waals surface area contributed by atoms with Gasteiger partial charge in [0, 0.05) is 25.9 Å². The van der Waals surface area contributed by atoms with E-state index in [0.717, 1.165) is 9.35 Å². The topological polar surface area (TPSA) is 53.2 Å². The quantitative estimate of drug-likeness (QED) is 0.942. The molecule has 1 N–H and O–H groups in total. The highest BCUT2D eigenvalue weighted by molar-refractivity contribution is 9.11. The van der Waals surface area contributed by atoms with E-state index in [-0.39, 0.29) is 11.5 Å². The van der Waals surface area contributed by atoms with Crippen LogP contribution in [0.3, 0.4) is 0 Å². The van der Waals surface area contributed by atoms with Crippen LogP contribution in [0.15, 0.2) is 38.4 Å². The molecule has 0 fully saturated rings. The molecule has 0 aliphatic rings. The van der Waals surface area contributed by atoms with E-state index >= 15 is 0 Å². The van der Waals surface area contributed by atoms with Gasteiger partial charge in [0.25, 0.3) is 5.91 Å². The average Bonchev–Trinajstić information content (AvgIpc) is 2.75. The second-order valence-electron chi connectivity index (χ2n) is 3.86. The summed E-state index contributed by atoms with van der Waals surface area (Å²) in [6.07, 6.45) is 1.44. The Morgan fingerprint density at radius 1 is 1.50 bits per heavy atom. The van der Waals surface area contributed by atoms with Gasteiger partial charge in [-0.15, -0.1) is 11.3 Å². The Morgan fingerprint density at radius 3 is 2.83 bits per heavy atom. The largest absolute Gasteiger partial charge is 0.337 e. The van der Waals surface area contributed by atoms with E-state index in [9.17, 15) is 9.59 Å². The Labute approximate surface area is 116 Å². The van der Waals surface area contributed by atoms with Gasteiger partial charge < -0.3 is 9.88 Å². The van der Waals surface area contributed by atoms with Gasteiger partial charge in [-0.1, -0.05) is 0 Å². The number of hydrogen-bond acceptors (Lipinski definition) is 3. The predicted octanol–water partition coefficient (Wildman–Crippen LogP) is 2.47. The average molecular weight is 327 g/mol. The van der Waals surface area contributed by atoms with Gasteiger partial charge in [0.2, 0.25) is 5.56 Å². The minimum atomic E-state index is -0.212. The van der Waals surface area contributed by atoms with Crippen LogP contribution < -0.4 is 5.56 Å². The second-order valence-corrected chi connectivity index (χ2v) is 6.15. The van der Waals surface area contributed by atoms with Gasteiger partial charge in [0.05, 0.1) is 9.35 Å². The van der Waals surface area contributed by atoms with Crippen molar-refractivity contribution in [1.82, 2.24) is 9.88 Å². The number of nitrogens with one attached hydrogen (secondary N) is 1. The number of nitrogens with zero attached hydrogens (tertiary/aromatic N) is 1. The molecule has 2 aromatic heterocycles. The number of aromatic nitrogens is 1. The molecule has 4 nitrogen and oxygen atoms in total. The van der Waals surface area contributed by atoms with Gasteiger partial charge in [-0.25, -0.2) is 0 Å². The van der Waals surface area contributed by atoms with Crippen LogP contribution in [-0.2, 0) is 6.54 Å². The van der Waals surface area contributed by atoms with Crippen molar-refractivity contribution in [2.75, 3.05) is 7.05 Å². The number of thiophene rings is 1. The van der Waals surface area contributed by atoms with Crippen molar-refractivity contribution < 1.29 is 4.79 Å². The molecule has 2 aromatic rings. The summed E-state index contributed by atoms with van der Waals surface area (Å²) in [4.78, 5) is 27.1. The lowest BCUT2D eigenvalue weighted by atomic mass is 10.2. The number of amides is 1. The summed E-state index contributed by atoms with van der Waals surface area (Å²) in [6.45, 7) is 0.542. The fourth-order valence-corrected chi connectivity index (χ4v) is 2.74. The van der Waals surface area contributed by atoms with Crippen LogP contribution in [-0.4, -0.2) is 22.8 Å². The number of carbonyl (C=O) groups is 1. The fraction of sp³-hybridized carbons (Fsp3) is 0.167. The van der Waals surface area contributed by atoms with E-state index in [1.165, 1.54) is 18.3 Å². The second kappa shape index (κ2) is 5.49. The first kappa shape index (κ1) is 13.0. The zero-order valence-electron chi connectivity index (χ0n) is 9.64. The Kier molecular flexibility index (Phi) is 3.98. The first-order valence-corrected chi connectivity index (χ1v) is 6.90. The zero-order chi connectivity index (χ0) is 13.1. The first-order valence-electron chi connectivity index (χ1n) is 5.23. The molecule has 1 amide bonds. The van der Waals surface area contributed by atoms with E-state index in [1.54, 1.807) is 23.3 Å². The van der Waals surface area contributed by atoms with E-state index in [0.29, 0.717) is 12.1 Å². The maximum atomic E-state index is 12.1. The molecule has 0 saturated carbocycles. The summed E-state index contributed by atoms with van der Waals surface area (Å²) in [5, 5.41) is 2.00. The van der Waals surface area contributed by atoms with Crippen molar-refractivity contribution in [1.29, 1.82) is 0 Å². The van der Waals surface area contributed by atoms with Crippen LogP contribution >= 0.6 is 27.3 Å². The Morgan fingerprint density at radius 2 is 2.28 bits per heavy atom. The van der Waals surface area contributed by atoms with E-state index in [2.05, 4.69) is 20.9 Å². The predicted molar refractivity (Wildman–Crippen MR) is 74.9 cm³/mol. The highest BCUT2D eigenvalue weighted by atomic mass is 79.9. The molecule has 0 spiro atoms. The fourth-order valence-electron chi connectivity index (χ4n) is 1.54. The van der Waals surface area contributed by atoms with Crippen LogP contribution in [0.4, 0.5) is 0 Å². The smallest absolute Gasteiger partial charge is 0.255 e. The maximum Gasteiger partial charge on any atom is 0.255 e. The lowest BCUT2D eigenvalue weighted by molar-refractivity contribution is 0.0785. The van der Waals surface area contributed by atoms with Crippen LogP contribution in [0.5, 0.6) is 0 Å². The summed E-state index contributed by atoms with van der Waals surface area (Å²) in [6, 6.07) is 4.87. The molecular weight excluding hydrogens is 316 g/mol. The van der Waals surface area contributed by atoms with Crippen molar-refractivity contribution >= 4 is 33.2 Å². The molecular formula is C12H11BrN2O2S. The molecule has 2 heterocycles. The van der Waals surface area contributed by atoms with Crippen LogP contribution in [0, 0.1) is 0 Å². The molecule has 0 aliphatic carbocycles. The molecule has 0 unspecified atom stereocenters. The Balaban J connectivity index is 2.09. The normalized spacial score (nSPS) is 10.3. The molecule has 0 aromatic carbocycles. The third kappa shape index (κ3) is 3.08. The lowest BCUT2D eigenvalue weighted by Crippen LogP contribution is -2.26. The summed E-state index contributed by atoms with van der Waals surface area (Å²) >= 11 is 4.97. The Bertz CT molecular complexity index is 600. The van der Waals surface area contributed by atoms with Crippen molar-refractivity contribution in [2.45, 2.75) is 6.54 Å². The number of rotatable bonds is 3. The van der Waals surface area contributed by atoms with Crippen molar-refractivity contribution in [2.24, 2.45) is 0 Å². The van der Waals surface area contributed by atoms with Gasteiger partial charge in [0.15, 0.2) is 0 Å². The van der Waals surface area contributed by atoms with Crippen molar-refractivity contribution in [3.8, 4) is 0 Å². The summed E-state index contributed by atoms with van der Waals surface area (Å²) in [7, 11) is 1.74. The highest BCUT2D eigenvalue weighted by Crippen LogP contribution is 2.21. The minimum absolute atomic E-state index is 0.117. The third-order valence-electron chi connectivity index (χ3n) is 2.42. The van der Waals surface area contributed by atoms with Crippen LogP contribution in [0.1, 0.15) is 15.9 Å². The van der Waals surface area contributed by atoms with E-state index in [4.69, 9.17) is 0 Å². The van der Waals surface area contributed by atoms with Crippen LogP contribution in [0.2, 0.25) is 0 Å². The SMILES string of the molecule is CN(Cc1csc(Br)c1)C(=O)c1ccc(=O)[nH]c1. The molecule has 0 saturated heterocycles. The minimum Gasteiger partial charge on any atom is -0.337 e. The third-order valence-corrected chi connectivity index (χ3v) is 3.97. The van der Waals surface area contributed by atoms with Crippen LogP contribution in [0.25, 0.3) is 0 Å². The number of aromatic amines is 1. The highest BCUT2D eigenvalue weighted by Gasteiger charge is 2.12. The molecule has 6 heteroatoms. The van der Waals surface area contributed by atoms with Crippen molar-refractivity contribution in [3.05, 3.63) is 55.0 Å². The van der Waals surface area contributed by atoms with Gasteiger partial charge in [-0.3, -0.25) is 9.59 Å². The lowest BCUT2D eigenvalue weighted by Gasteiger charge is -2.16. The number of H-pyrrole nitrogens is 1. The maximum absolute atomic E-state index is 12.1. The summed E-state index contributed by atoms with van der Waals surface area (Å²) in [5.41, 5.74) is 1.34. The van der Waals surface area contributed by atoms with Gasteiger partial charge in [-0.05, 0) is 39.0 Å². The molecule has 0 aliphatic heterocycles. The van der Waals surface area contributed by atoms with Gasteiger partial charge >= 0.3 is 0 Å². The molecule has 18 heavy (non-hydrogen) atoms. The zero-order valence-corrected chi connectivity index (χ0v) is 12.0.